The predicted molar refractivity (Wildman–Crippen MR) is 281 cm³/mol. The van der Waals surface area contributed by atoms with E-state index >= 15 is 0 Å². The minimum absolute atomic E-state index is 0.0456. The van der Waals surface area contributed by atoms with Crippen LogP contribution in [0.4, 0.5) is 10.5 Å². The highest BCUT2D eigenvalue weighted by Gasteiger charge is 2.47. The zero-order chi connectivity index (χ0) is 51.1. The Hall–Kier alpha value is -4.73. The van der Waals surface area contributed by atoms with Crippen LogP contribution in [0.25, 0.3) is 33.4 Å². The van der Waals surface area contributed by atoms with Crippen LogP contribution in [0.15, 0.2) is 35.8 Å². The number of pyridine rings is 1. The Bertz CT molecular complexity index is 2660. The third-order valence-corrected chi connectivity index (χ3v) is 17.3. The molecule has 19 heteroatoms. The highest BCUT2D eigenvalue weighted by Crippen LogP contribution is 2.44. The molecule has 400 valence electrons. The van der Waals surface area contributed by atoms with E-state index in [2.05, 4.69) is 70.1 Å². The second-order valence-electron chi connectivity index (χ2n) is 22.1. The van der Waals surface area contributed by atoms with Crippen LogP contribution >= 0.6 is 11.3 Å². The van der Waals surface area contributed by atoms with E-state index in [4.69, 9.17) is 38.4 Å². The molecular weight excluding hydrogens is 963 g/mol. The number of methoxy groups -OCH3 is 1. The predicted octanol–water partition coefficient (Wildman–Crippen LogP) is 6.51. The summed E-state index contributed by atoms with van der Waals surface area (Å²) >= 11 is 1.41. The molecule has 0 unspecified atom stereocenters. The molecule has 3 amide bonds. The number of hydrazine groups is 1. The number of anilines is 1. The van der Waals surface area contributed by atoms with Gasteiger partial charge >= 0.3 is 12.0 Å². The second-order valence-corrected chi connectivity index (χ2v) is 23.0. The first kappa shape index (κ1) is 51.4. The Labute approximate surface area is 438 Å². The first-order valence-electron chi connectivity index (χ1n) is 27.3. The van der Waals surface area contributed by atoms with Crippen molar-refractivity contribution in [3.05, 3.63) is 52.1 Å². The fourth-order valence-electron chi connectivity index (χ4n) is 12.1. The number of esters is 1. The van der Waals surface area contributed by atoms with Gasteiger partial charge in [-0.25, -0.2) is 15.2 Å². The Morgan fingerprint density at radius 2 is 1.81 bits per heavy atom. The minimum atomic E-state index is -1.15. The Balaban J connectivity index is 1.03. The van der Waals surface area contributed by atoms with Crippen molar-refractivity contribution in [3.8, 4) is 22.5 Å². The van der Waals surface area contributed by atoms with Crippen molar-refractivity contribution in [2.24, 2.45) is 11.3 Å². The topological polar surface area (TPSA) is 174 Å². The van der Waals surface area contributed by atoms with Crippen LogP contribution in [-0.2, 0) is 51.0 Å². The third-order valence-electron chi connectivity index (χ3n) is 16.4. The number of urea groups is 1. The summed E-state index contributed by atoms with van der Waals surface area (Å²) in [7, 11) is 1.74. The molecule has 11 rings (SSSR count). The van der Waals surface area contributed by atoms with Gasteiger partial charge in [-0.05, 0) is 89.0 Å². The maximum atomic E-state index is 14.9. The van der Waals surface area contributed by atoms with E-state index in [0.29, 0.717) is 76.9 Å². The molecule has 2 N–H and O–H groups in total. The molecule has 7 aliphatic rings. The van der Waals surface area contributed by atoms with Gasteiger partial charge in [0, 0.05) is 130 Å². The maximum Gasteiger partial charge on any atom is 0.324 e. The average Bonchev–Trinajstić information content (AvgIpc) is 4.08. The van der Waals surface area contributed by atoms with Gasteiger partial charge < -0.3 is 48.1 Å². The zero-order valence-electron chi connectivity index (χ0n) is 43.9. The minimum Gasteiger partial charge on any atom is -0.464 e. The lowest BCUT2D eigenvalue weighted by atomic mass is 9.84. The summed E-state index contributed by atoms with van der Waals surface area (Å²) in [5, 5.41) is 8.21. The zero-order valence-corrected chi connectivity index (χ0v) is 44.7. The first-order chi connectivity index (χ1) is 36.0. The number of piperazine rings is 1. The van der Waals surface area contributed by atoms with Crippen LogP contribution in [0.3, 0.4) is 0 Å². The number of hydrogen-bond acceptors (Lipinski definition) is 15. The van der Waals surface area contributed by atoms with Crippen molar-refractivity contribution in [2.75, 3.05) is 97.5 Å². The Kier molecular flexibility index (Phi) is 15.3. The summed E-state index contributed by atoms with van der Waals surface area (Å²) in [6.45, 7) is 17.1. The van der Waals surface area contributed by atoms with Gasteiger partial charge in [0.2, 0.25) is 0 Å². The molecule has 1 saturated carbocycles. The monoisotopic (exact) mass is 1040 g/mol. The quantitative estimate of drug-likeness (QED) is 0.147. The molecule has 6 aliphatic heterocycles. The largest absolute Gasteiger partial charge is 0.464 e. The third kappa shape index (κ3) is 10.7. The van der Waals surface area contributed by atoms with Gasteiger partial charge in [-0.3, -0.25) is 24.5 Å². The molecule has 18 nitrogen and oxygen atoms in total. The molecule has 6 bridgehead atoms. The maximum absolute atomic E-state index is 14.9. The fourth-order valence-corrected chi connectivity index (χ4v) is 13.0. The lowest BCUT2D eigenvalue weighted by Crippen LogP contribution is -2.67. The van der Waals surface area contributed by atoms with Crippen molar-refractivity contribution in [3.63, 3.8) is 0 Å². The van der Waals surface area contributed by atoms with Crippen LogP contribution in [-0.4, -0.2) is 170 Å². The number of fused-ring (bicyclic) bond motifs is 7. The molecular formula is C55H75N9O9S. The summed E-state index contributed by atoms with van der Waals surface area (Å²) < 4.78 is 39.3. The van der Waals surface area contributed by atoms with E-state index in [9.17, 15) is 14.4 Å². The molecule has 5 saturated heterocycles. The van der Waals surface area contributed by atoms with Crippen LogP contribution in [0.1, 0.15) is 101 Å². The van der Waals surface area contributed by atoms with E-state index in [1.165, 1.54) is 29.2 Å². The van der Waals surface area contributed by atoms with Crippen molar-refractivity contribution in [1.82, 2.24) is 40.1 Å². The summed E-state index contributed by atoms with van der Waals surface area (Å²) in [5.74, 6) is -0.565. The second kappa shape index (κ2) is 22.1. The number of carbonyl (C=O) groups excluding carboxylic acids is 3. The van der Waals surface area contributed by atoms with Crippen molar-refractivity contribution in [1.29, 1.82) is 0 Å². The number of nitrogens with zero attached hydrogens (tertiary/aromatic N) is 7. The summed E-state index contributed by atoms with van der Waals surface area (Å²) in [6, 6.07) is 7.38. The van der Waals surface area contributed by atoms with E-state index < -0.39 is 35.5 Å². The molecule has 1 aromatic carbocycles. The molecule has 1 aliphatic carbocycles. The highest BCUT2D eigenvalue weighted by molar-refractivity contribution is 7.10. The smallest absolute Gasteiger partial charge is 0.324 e. The average molecular weight is 1040 g/mol. The van der Waals surface area contributed by atoms with Gasteiger partial charge in [0.15, 0.2) is 0 Å². The summed E-state index contributed by atoms with van der Waals surface area (Å²) in [6.07, 6.45) is 7.56. The number of carbonyl (C=O) groups is 3. The van der Waals surface area contributed by atoms with Gasteiger partial charge in [0.1, 0.15) is 23.2 Å². The number of rotatable bonds is 12. The van der Waals surface area contributed by atoms with Crippen LogP contribution in [0.2, 0.25) is 0 Å². The van der Waals surface area contributed by atoms with Crippen molar-refractivity contribution in [2.45, 2.75) is 128 Å². The number of hydrogen-bond donors (Lipinski definition) is 2. The fraction of sp³-hybridized carbons (Fsp3) is 0.655. The SMILES string of the molecule is CCO[C@@H]1c2nc(cs2)-c2ccc3c(c2)c(c(-c2cc(N4CCN(C5CC5)CC4)cnc2[C@H](C)OC)n3CCOC2CCOCC2)CC(C)(C)COC(=O)[C@@H]2CCCN(N2)C(=O)[C@H]1NC(=O)N1C[C@@H]2COCC[C@@H]21. The molecule has 3 aromatic heterocycles. The number of benzene rings is 1. The van der Waals surface area contributed by atoms with Crippen LogP contribution in [0, 0.1) is 11.3 Å². The van der Waals surface area contributed by atoms with Crippen molar-refractivity contribution >= 4 is 45.8 Å². The van der Waals surface area contributed by atoms with Gasteiger partial charge in [-0.1, -0.05) is 19.9 Å². The lowest BCUT2D eigenvalue weighted by Gasteiger charge is -2.50. The number of thiazole rings is 1. The van der Waals surface area contributed by atoms with Gasteiger partial charge in [0.05, 0.1) is 61.0 Å². The van der Waals surface area contributed by atoms with Gasteiger partial charge in [0.25, 0.3) is 5.91 Å². The summed E-state index contributed by atoms with van der Waals surface area (Å²) in [5.41, 5.74) is 10.4. The van der Waals surface area contributed by atoms with Gasteiger partial charge in [-0.2, -0.15) is 0 Å². The standard InChI is InChI=1S/C55H75N9O9S/c1-6-71-50-48(58-54(67)63-30-36-31-70-24-15-45(36)63)52(65)64-16-7-8-43(59-64)53(66)73-33-55(3,4)28-42-40-26-35(44-32-74-51(50)57-44)9-12-46(40)62(21-25-72-39-13-22-69-23-14-39)49(42)41-27-38(29-56-47(41)34(2)68-5)61-19-17-60(18-20-61)37-10-11-37/h9,12,26-27,29,32,34,36-37,39,43,45,48,50,59H,6-8,10-11,13-25,28,30-31,33H2,1-5H3,(H,58,67)/t34-,36+,43-,45-,48-,50-/m0/s1. The van der Waals surface area contributed by atoms with E-state index in [1.807, 2.05) is 18.5 Å². The normalized spacial score (nSPS) is 26.6. The number of ether oxygens (including phenoxy) is 6. The lowest BCUT2D eigenvalue weighted by molar-refractivity contribution is -0.156. The summed E-state index contributed by atoms with van der Waals surface area (Å²) in [4.78, 5) is 60.8. The number of aromatic nitrogens is 3. The number of amides is 3. The first-order valence-corrected chi connectivity index (χ1v) is 28.2. The number of cyclic esters (lactones) is 1. The molecule has 9 heterocycles. The number of likely N-dealkylation sites (tertiary alicyclic amines) is 1. The molecule has 74 heavy (non-hydrogen) atoms. The molecule has 0 radical (unpaired) electrons. The molecule has 6 fully saturated rings. The molecule has 0 spiro atoms. The van der Waals surface area contributed by atoms with E-state index in [0.717, 1.165) is 102 Å². The number of nitrogens with one attached hydrogen (secondary N) is 2. The van der Waals surface area contributed by atoms with E-state index in [1.54, 1.807) is 12.0 Å². The Morgan fingerprint density at radius 1 is 1.00 bits per heavy atom. The van der Waals surface area contributed by atoms with Crippen LogP contribution < -0.4 is 15.6 Å². The van der Waals surface area contributed by atoms with Gasteiger partial charge in [-0.15, -0.1) is 11.3 Å². The van der Waals surface area contributed by atoms with Crippen molar-refractivity contribution < 1.29 is 42.8 Å². The highest BCUT2D eigenvalue weighted by atomic mass is 32.1. The molecule has 4 aromatic rings. The van der Waals surface area contributed by atoms with E-state index in [-0.39, 0.29) is 43.4 Å². The van der Waals surface area contributed by atoms with Crippen LogP contribution in [0.5, 0.6) is 0 Å². The Morgan fingerprint density at radius 3 is 2.58 bits per heavy atom. The molecule has 6 atom stereocenters.